The maximum Gasteiger partial charge on any atom is 0.198 e. The minimum absolute atomic E-state index is 0.0847. The van der Waals surface area contributed by atoms with Gasteiger partial charge < -0.3 is 9.84 Å². The fourth-order valence-corrected chi connectivity index (χ4v) is 7.55. The zero-order valence-corrected chi connectivity index (χ0v) is 26.8. The van der Waals surface area contributed by atoms with Gasteiger partial charge in [0.05, 0.1) is 12.0 Å². The molecule has 1 N–H and O–H groups in total. The molecule has 0 saturated carbocycles. The van der Waals surface area contributed by atoms with E-state index in [-0.39, 0.29) is 12.1 Å². The molecule has 2 aliphatic rings. The average molecular weight is 607 g/mol. The molecule has 1 aliphatic heterocycles. The number of unbranched alkanes of at least 4 members (excludes halogenated alkanes) is 1. The van der Waals surface area contributed by atoms with Crippen LogP contribution in [0.5, 0.6) is 5.75 Å². The van der Waals surface area contributed by atoms with Gasteiger partial charge in [0, 0.05) is 24.1 Å². The summed E-state index contributed by atoms with van der Waals surface area (Å²) in [6.07, 6.45) is 3.14. The third kappa shape index (κ3) is 5.52. The van der Waals surface area contributed by atoms with Crippen LogP contribution >= 0.6 is 0 Å². The maximum absolute atomic E-state index is 12.4. The van der Waals surface area contributed by atoms with Crippen LogP contribution in [0.3, 0.4) is 0 Å². The Kier molecular flexibility index (Phi) is 8.47. The first-order valence-corrected chi connectivity index (χ1v) is 16.6. The molecule has 1 heterocycles. The standard InChI is InChI=1S/C42H42N2O2/c1-3-4-24-44(29-39-43-40-36-23-15-14-16-31(36)27-38(40)46-39)28-32-25-30(2)26-37(41(32)45)42(33-17-8-5-9-18-33,34-19-10-6-11-20-34)35-21-12-7-13-22-35/h5-23,25-26,38,40,45H,3-4,24,27-29H2,1-2H3/t38-,40+/m1/s1. The van der Waals surface area contributed by atoms with Gasteiger partial charge in [-0.05, 0) is 47.7 Å². The van der Waals surface area contributed by atoms with Gasteiger partial charge in [-0.15, -0.1) is 0 Å². The van der Waals surface area contributed by atoms with Gasteiger partial charge in [-0.25, -0.2) is 4.99 Å². The molecule has 0 saturated heterocycles. The molecule has 0 aromatic heterocycles. The molecule has 4 nitrogen and oxygen atoms in total. The molecule has 0 fully saturated rings. The number of phenolic OH excluding ortho intramolecular Hbond substituents is 1. The minimum atomic E-state index is -0.716. The summed E-state index contributed by atoms with van der Waals surface area (Å²) < 4.78 is 6.47. The fraction of sp³-hybridized carbons (Fsp3) is 0.262. The quantitative estimate of drug-likeness (QED) is 0.153. The predicted molar refractivity (Wildman–Crippen MR) is 187 cm³/mol. The number of aryl methyl sites for hydroxylation is 1. The summed E-state index contributed by atoms with van der Waals surface area (Å²) in [5, 5.41) is 12.4. The Hall–Kier alpha value is -4.67. The van der Waals surface area contributed by atoms with E-state index in [1.54, 1.807) is 0 Å². The van der Waals surface area contributed by atoms with Gasteiger partial charge in [-0.3, -0.25) is 4.90 Å². The first-order valence-electron chi connectivity index (χ1n) is 16.6. The van der Waals surface area contributed by atoms with Crippen molar-refractivity contribution in [3.05, 3.63) is 172 Å². The molecule has 46 heavy (non-hydrogen) atoms. The molecule has 1 aliphatic carbocycles. The van der Waals surface area contributed by atoms with E-state index >= 15 is 0 Å². The van der Waals surface area contributed by atoms with E-state index in [0.29, 0.717) is 18.8 Å². The van der Waals surface area contributed by atoms with Gasteiger partial charge in [0.15, 0.2) is 5.90 Å². The van der Waals surface area contributed by atoms with E-state index in [9.17, 15) is 5.11 Å². The largest absolute Gasteiger partial charge is 0.507 e. The second-order valence-corrected chi connectivity index (χ2v) is 12.8. The van der Waals surface area contributed by atoms with Crippen molar-refractivity contribution in [2.75, 3.05) is 13.1 Å². The molecule has 4 heteroatoms. The first-order chi connectivity index (χ1) is 22.6. The zero-order valence-electron chi connectivity index (χ0n) is 26.8. The molecule has 5 aromatic carbocycles. The molecule has 232 valence electrons. The van der Waals surface area contributed by atoms with Gasteiger partial charge in [-0.2, -0.15) is 0 Å². The molecule has 0 bridgehead atoms. The maximum atomic E-state index is 12.4. The first kappa shape index (κ1) is 30.0. The van der Waals surface area contributed by atoms with Crippen LogP contribution in [0.1, 0.15) is 70.3 Å². The van der Waals surface area contributed by atoms with Crippen LogP contribution in [-0.2, 0) is 23.1 Å². The van der Waals surface area contributed by atoms with Gasteiger partial charge >= 0.3 is 0 Å². The van der Waals surface area contributed by atoms with Crippen molar-refractivity contribution in [1.29, 1.82) is 0 Å². The number of nitrogens with zero attached hydrogens (tertiary/aromatic N) is 2. The molecule has 0 spiro atoms. The summed E-state index contributed by atoms with van der Waals surface area (Å²) in [6, 6.07) is 44.8. The topological polar surface area (TPSA) is 45.1 Å². The number of hydrogen-bond acceptors (Lipinski definition) is 4. The number of phenols is 1. The van der Waals surface area contributed by atoms with E-state index in [1.165, 1.54) is 11.1 Å². The molecule has 0 unspecified atom stereocenters. The lowest BCUT2D eigenvalue weighted by molar-refractivity contribution is 0.187. The highest BCUT2D eigenvalue weighted by atomic mass is 16.5. The third-order valence-corrected chi connectivity index (χ3v) is 9.66. The highest BCUT2D eigenvalue weighted by molar-refractivity contribution is 5.81. The second kappa shape index (κ2) is 13.0. The van der Waals surface area contributed by atoms with Crippen LogP contribution in [0, 0.1) is 6.92 Å². The summed E-state index contributed by atoms with van der Waals surface area (Å²) in [5.41, 5.74) is 8.19. The van der Waals surface area contributed by atoms with Crippen molar-refractivity contribution in [2.24, 2.45) is 4.99 Å². The minimum Gasteiger partial charge on any atom is -0.507 e. The van der Waals surface area contributed by atoms with Crippen LogP contribution in [0.2, 0.25) is 0 Å². The summed E-state index contributed by atoms with van der Waals surface area (Å²) in [4.78, 5) is 7.48. The Morgan fingerprint density at radius 1 is 0.783 bits per heavy atom. The lowest BCUT2D eigenvalue weighted by Gasteiger charge is -2.38. The Morgan fingerprint density at radius 3 is 1.98 bits per heavy atom. The Bertz CT molecular complexity index is 1720. The number of hydrogen-bond donors (Lipinski definition) is 1. The van der Waals surface area contributed by atoms with Gasteiger partial charge in [0.1, 0.15) is 17.9 Å². The molecule has 0 radical (unpaired) electrons. The second-order valence-electron chi connectivity index (χ2n) is 12.8. The van der Waals surface area contributed by atoms with E-state index < -0.39 is 5.41 Å². The third-order valence-electron chi connectivity index (χ3n) is 9.66. The van der Waals surface area contributed by atoms with E-state index in [0.717, 1.165) is 65.1 Å². The lowest BCUT2D eigenvalue weighted by Crippen LogP contribution is -2.33. The highest BCUT2D eigenvalue weighted by Gasteiger charge is 2.42. The smallest absolute Gasteiger partial charge is 0.198 e. The van der Waals surface area contributed by atoms with Crippen molar-refractivity contribution in [3.8, 4) is 5.75 Å². The molecule has 2 atom stereocenters. The van der Waals surface area contributed by atoms with E-state index in [2.05, 4.69) is 146 Å². The van der Waals surface area contributed by atoms with E-state index in [4.69, 9.17) is 9.73 Å². The van der Waals surface area contributed by atoms with Crippen molar-refractivity contribution in [2.45, 2.75) is 57.2 Å². The number of ether oxygens (including phenoxy) is 1. The summed E-state index contributed by atoms with van der Waals surface area (Å²) in [7, 11) is 0. The van der Waals surface area contributed by atoms with Gasteiger partial charge in [-0.1, -0.05) is 146 Å². The van der Waals surface area contributed by atoms with Crippen molar-refractivity contribution < 1.29 is 9.84 Å². The van der Waals surface area contributed by atoms with Gasteiger partial charge in [0.25, 0.3) is 0 Å². The van der Waals surface area contributed by atoms with Crippen molar-refractivity contribution >= 4 is 5.90 Å². The fourth-order valence-electron chi connectivity index (χ4n) is 7.55. The van der Waals surface area contributed by atoms with Crippen LogP contribution in [0.15, 0.2) is 132 Å². The molecule has 5 aromatic rings. The summed E-state index contributed by atoms with van der Waals surface area (Å²) in [6.45, 7) is 6.48. The normalized spacial score (nSPS) is 17.0. The average Bonchev–Trinajstić information content (AvgIpc) is 3.65. The zero-order chi connectivity index (χ0) is 31.5. The van der Waals surface area contributed by atoms with Crippen LogP contribution in [0.25, 0.3) is 0 Å². The van der Waals surface area contributed by atoms with Crippen LogP contribution in [0.4, 0.5) is 0 Å². The summed E-state index contributed by atoms with van der Waals surface area (Å²) >= 11 is 0. The monoisotopic (exact) mass is 606 g/mol. The van der Waals surface area contributed by atoms with Crippen molar-refractivity contribution in [3.63, 3.8) is 0 Å². The molecular weight excluding hydrogens is 564 g/mol. The van der Waals surface area contributed by atoms with Crippen molar-refractivity contribution in [1.82, 2.24) is 4.90 Å². The van der Waals surface area contributed by atoms with E-state index in [1.807, 2.05) is 0 Å². The SMILES string of the molecule is CCCCN(CC1=N[C@H]2c3ccccc3C[C@H]2O1)Cc1cc(C)cc(C(c2ccccc2)(c2ccccc2)c2ccccc2)c1O. The number of benzene rings is 5. The van der Waals surface area contributed by atoms with Crippen LogP contribution < -0.4 is 0 Å². The molecular formula is C42H42N2O2. The van der Waals surface area contributed by atoms with Crippen LogP contribution in [-0.4, -0.2) is 35.1 Å². The summed E-state index contributed by atoms with van der Waals surface area (Å²) in [5.74, 6) is 1.14. The highest BCUT2D eigenvalue weighted by Crippen LogP contribution is 2.49. The number of aromatic hydroxyl groups is 1. The molecule has 7 rings (SSSR count). The lowest BCUT2D eigenvalue weighted by atomic mass is 9.64. The Morgan fingerprint density at radius 2 is 1.37 bits per heavy atom. The Labute approximate surface area is 273 Å². The predicted octanol–water partition coefficient (Wildman–Crippen LogP) is 8.78. The Balaban J connectivity index is 1.30. The number of fused-ring (bicyclic) bond motifs is 3. The number of aliphatic imine (C=N–C) groups is 1. The number of rotatable bonds is 11. The molecule has 0 amide bonds. The van der Waals surface area contributed by atoms with Gasteiger partial charge in [0.2, 0.25) is 0 Å².